The van der Waals surface area contributed by atoms with Crippen molar-refractivity contribution in [1.29, 1.82) is 0 Å². The van der Waals surface area contributed by atoms with Crippen LogP contribution >= 0.6 is 0 Å². The maximum atomic E-state index is 12.3. The number of hydrogen-bond acceptors (Lipinski definition) is 5. The Kier molecular flexibility index (Phi) is 7.63. The van der Waals surface area contributed by atoms with Crippen LogP contribution in [0.4, 0.5) is 0 Å². The van der Waals surface area contributed by atoms with Gasteiger partial charge in [-0.15, -0.1) is 0 Å². The normalized spacial score (nSPS) is 12.8. The molecule has 0 saturated heterocycles. The molecular weight excluding hydrogens is 356 g/mol. The van der Waals surface area contributed by atoms with Gasteiger partial charge in [0.2, 0.25) is 0 Å². The minimum absolute atomic E-state index is 0.0695. The van der Waals surface area contributed by atoms with Crippen LogP contribution in [0.5, 0.6) is 5.75 Å². The van der Waals surface area contributed by atoms with E-state index in [9.17, 15) is 9.59 Å². The molecule has 6 heteroatoms. The molecule has 2 aromatic rings. The first kappa shape index (κ1) is 22.0. The summed E-state index contributed by atoms with van der Waals surface area (Å²) in [7, 11) is 1.70. The van der Waals surface area contributed by atoms with E-state index in [1.165, 1.54) is 4.57 Å². The Bertz CT molecular complexity index is 852. The van der Waals surface area contributed by atoms with Gasteiger partial charge in [0.1, 0.15) is 18.5 Å². The molecule has 1 aromatic heterocycles. The highest BCUT2D eigenvalue weighted by atomic mass is 16.6. The molecule has 0 spiro atoms. The van der Waals surface area contributed by atoms with Crippen LogP contribution in [0, 0.1) is 0 Å². The first-order valence-corrected chi connectivity index (χ1v) is 9.87. The van der Waals surface area contributed by atoms with Crippen molar-refractivity contribution in [2.24, 2.45) is 7.05 Å². The number of aromatic nitrogens is 1. The number of fused-ring (bicyclic) bond motifs is 1. The Morgan fingerprint density at radius 2 is 1.89 bits per heavy atom. The smallest absolute Gasteiger partial charge is 0.306 e. The molecule has 0 aliphatic rings. The average Bonchev–Trinajstić information content (AvgIpc) is 2.65. The summed E-state index contributed by atoms with van der Waals surface area (Å²) < 4.78 is 13.2. The molecule has 2 rings (SSSR count). The van der Waals surface area contributed by atoms with E-state index in [0.717, 1.165) is 18.2 Å². The number of carbonyl (C=O) groups is 1. The number of rotatable bonds is 9. The van der Waals surface area contributed by atoms with Gasteiger partial charge >= 0.3 is 5.97 Å². The molecular formula is C22H32N2O4. The van der Waals surface area contributed by atoms with Crippen LogP contribution in [0.2, 0.25) is 0 Å². The second kappa shape index (κ2) is 9.73. The maximum absolute atomic E-state index is 12.3. The zero-order valence-electron chi connectivity index (χ0n) is 17.6. The van der Waals surface area contributed by atoms with Gasteiger partial charge < -0.3 is 19.4 Å². The molecule has 1 heterocycles. The third kappa shape index (κ3) is 6.37. The second-order valence-electron chi connectivity index (χ2n) is 8.11. The zero-order chi connectivity index (χ0) is 20.7. The van der Waals surface area contributed by atoms with Crippen LogP contribution in [-0.2, 0) is 16.6 Å². The number of benzene rings is 1. The van der Waals surface area contributed by atoms with E-state index in [1.807, 2.05) is 25.1 Å². The summed E-state index contributed by atoms with van der Waals surface area (Å²) in [6.07, 6.45) is 3.42. The molecule has 1 N–H and O–H groups in total. The molecule has 0 aliphatic carbocycles. The van der Waals surface area contributed by atoms with Gasteiger partial charge in [-0.25, -0.2) is 0 Å². The number of esters is 1. The third-order valence-electron chi connectivity index (χ3n) is 4.37. The lowest BCUT2D eigenvalue weighted by Gasteiger charge is -2.25. The van der Waals surface area contributed by atoms with Crippen molar-refractivity contribution in [1.82, 2.24) is 9.88 Å². The largest absolute Gasteiger partial charge is 0.487 e. The topological polar surface area (TPSA) is 69.6 Å². The zero-order valence-corrected chi connectivity index (χ0v) is 17.6. The van der Waals surface area contributed by atoms with Crippen LogP contribution in [0.15, 0.2) is 35.3 Å². The highest BCUT2D eigenvalue weighted by molar-refractivity contribution is 5.87. The van der Waals surface area contributed by atoms with Crippen molar-refractivity contribution < 1.29 is 14.3 Å². The monoisotopic (exact) mass is 388 g/mol. The number of pyridine rings is 1. The SMILES string of the molecule is CCCCC(=O)OC(CNC(C)(C)C)COc1cn(C)c(=O)c2ccccc12. The number of unbranched alkanes of at least 4 members (excludes halogenated alkanes) is 1. The maximum Gasteiger partial charge on any atom is 0.306 e. The standard InChI is InChI=1S/C22H32N2O4/c1-6-7-12-20(25)28-16(13-23-22(2,3)4)15-27-19-14-24(5)21(26)18-11-9-8-10-17(18)19/h8-11,14,16,23H,6-7,12-13,15H2,1-5H3. The van der Waals surface area contributed by atoms with Gasteiger partial charge in [-0.05, 0) is 33.3 Å². The fourth-order valence-corrected chi connectivity index (χ4v) is 2.80. The predicted molar refractivity (Wildman–Crippen MR) is 112 cm³/mol. The van der Waals surface area contributed by atoms with E-state index in [2.05, 4.69) is 26.1 Å². The van der Waals surface area contributed by atoms with Crippen LogP contribution in [0.1, 0.15) is 47.0 Å². The lowest BCUT2D eigenvalue weighted by atomic mass is 10.1. The van der Waals surface area contributed by atoms with Crippen molar-refractivity contribution >= 4 is 16.7 Å². The average molecular weight is 389 g/mol. The van der Waals surface area contributed by atoms with Gasteiger partial charge in [-0.2, -0.15) is 0 Å². The predicted octanol–water partition coefficient (Wildman–Crippen LogP) is 3.41. The molecule has 0 bridgehead atoms. The van der Waals surface area contributed by atoms with Crippen molar-refractivity contribution in [2.45, 2.75) is 58.6 Å². The molecule has 154 valence electrons. The summed E-state index contributed by atoms with van der Waals surface area (Å²) >= 11 is 0. The van der Waals surface area contributed by atoms with Crippen LogP contribution in [0.25, 0.3) is 10.8 Å². The second-order valence-corrected chi connectivity index (χ2v) is 8.11. The number of ether oxygens (including phenoxy) is 2. The Labute approximate surface area is 166 Å². The minimum Gasteiger partial charge on any atom is -0.487 e. The summed E-state index contributed by atoms with van der Waals surface area (Å²) in [6, 6.07) is 7.35. The fraction of sp³-hybridized carbons (Fsp3) is 0.545. The molecule has 1 aromatic carbocycles. The van der Waals surface area contributed by atoms with Crippen molar-refractivity contribution in [3.8, 4) is 5.75 Å². The summed E-state index contributed by atoms with van der Waals surface area (Å²) in [5.41, 5.74) is -0.169. The quantitative estimate of drug-likeness (QED) is 0.667. The van der Waals surface area contributed by atoms with Crippen LogP contribution < -0.4 is 15.6 Å². The van der Waals surface area contributed by atoms with Gasteiger partial charge in [0.15, 0.2) is 0 Å². The highest BCUT2D eigenvalue weighted by Gasteiger charge is 2.19. The van der Waals surface area contributed by atoms with Gasteiger partial charge in [-0.1, -0.05) is 31.5 Å². The lowest BCUT2D eigenvalue weighted by molar-refractivity contribution is -0.150. The molecule has 0 amide bonds. The van der Waals surface area contributed by atoms with E-state index >= 15 is 0 Å². The number of nitrogens with zero attached hydrogens (tertiary/aromatic N) is 1. The van der Waals surface area contributed by atoms with E-state index < -0.39 is 6.10 Å². The molecule has 6 nitrogen and oxygen atoms in total. The van der Waals surface area contributed by atoms with Gasteiger partial charge in [0.05, 0.1) is 5.39 Å². The summed E-state index contributed by atoms with van der Waals surface area (Å²) in [5.74, 6) is 0.388. The van der Waals surface area contributed by atoms with Gasteiger partial charge in [-0.3, -0.25) is 9.59 Å². The van der Waals surface area contributed by atoms with Crippen molar-refractivity contribution in [3.63, 3.8) is 0 Å². The van der Waals surface area contributed by atoms with Crippen molar-refractivity contribution in [2.75, 3.05) is 13.2 Å². The Morgan fingerprint density at radius 1 is 1.21 bits per heavy atom. The van der Waals surface area contributed by atoms with E-state index in [1.54, 1.807) is 19.3 Å². The first-order valence-electron chi connectivity index (χ1n) is 9.87. The van der Waals surface area contributed by atoms with Gasteiger partial charge in [0, 0.05) is 37.1 Å². The number of carbonyl (C=O) groups excluding carboxylic acids is 1. The van der Waals surface area contributed by atoms with E-state index in [4.69, 9.17) is 9.47 Å². The lowest BCUT2D eigenvalue weighted by Crippen LogP contribution is -2.44. The third-order valence-corrected chi connectivity index (χ3v) is 4.37. The molecule has 0 aliphatic heterocycles. The van der Waals surface area contributed by atoms with Gasteiger partial charge in [0.25, 0.3) is 5.56 Å². The molecule has 0 fully saturated rings. The highest BCUT2D eigenvalue weighted by Crippen LogP contribution is 2.22. The van der Waals surface area contributed by atoms with Crippen LogP contribution in [0.3, 0.4) is 0 Å². The molecule has 0 saturated carbocycles. The molecule has 0 radical (unpaired) electrons. The van der Waals surface area contributed by atoms with E-state index in [-0.39, 0.29) is 23.7 Å². The number of hydrogen-bond donors (Lipinski definition) is 1. The fourth-order valence-electron chi connectivity index (χ4n) is 2.80. The van der Waals surface area contributed by atoms with E-state index in [0.29, 0.717) is 24.1 Å². The molecule has 28 heavy (non-hydrogen) atoms. The summed E-state index contributed by atoms with van der Waals surface area (Å²) in [4.78, 5) is 24.4. The summed E-state index contributed by atoms with van der Waals surface area (Å²) in [5, 5.41) is 4.72. The Balaban J connectivity index is 2.15. The molecule has 1 atom stereocenters. The summed E-state index contributed by atoms with van der Waals surface area (Å²) in [6.45, 7) is 8.92. The van der Waals surface area contributed by atoms with Crippen LogP contribution in [-0.4, -0.2) is 35.3 Å². The minimum atomic E-state index is -0.417. The number of aryl methyl sites for hydroxylation is 1. The Morgan fingerprint density at radius 3 is 2.54 bits per heavy atom. The molecule has 1 unspecified atom stereocenters. The first-order chi connectivity index (χ1) is 13.2. The van der Waals surface area contributed by atoms with Crippen molar-refractivity contribution in [3.05, 3.63) is 40.8 Å². The number of nitrogens with one attached hydrogen (secondary N) is 1. The Hall–Kier alpha value is -2.34.